The maximum atomic E-state index is 13.7. The Bertz CT molecular complexity index is 1130. The van der Waals surface area contributed by atoms with E-state index in [1.54, 1.807) is 26.0 Å². The molecular formula is C29H39N3O7. The number of carbonyl (C=O) groups excluding carboxylic acids is 3. The van der Waals surface area contributed by atoms with E-state index < -0.39 is 60.3 Å². The molecule has 10 nitrogen and oxygen atoms in total. The number of phenolic OH excluding ortho intramolecular Hbond substituents is 1. The molecule has 3 unspecified atom stereocenters. The number of rotatable bonds is 7. The summed E-state index contributed by atoms with van der Waals surface area (Å²) < 4.78 is 5.62. The SMILES string of the molecule is CCC(C)C1OC(=O)[C@H](C)[C@H](O)[C@H](Cc2ccccc2)NC(=O)[C@@H](NC(O)c2ccccc2O)[C@@H](C)NC1=O. The topological polar surface area (TPSA) is 157 Å². The van der Waals surface area contributed by atoms with Crippen LogP contribution in [0.15, 0.2) is 54.6 Å². The average Bonchev–Trinajstić information content (AvgIpc) is 2.92. The normalized spacial score (nSPS) is 28.2. The number of phenols is 1. The van der Waals surface area contributed by atoms with E-state index in [0.29, 0.717) is 6.42 Å². The third-order valence-electron chi connectivity index (χ3n) is 7.31. The predicted octanol–water partition coefficient (Wildman–Crippen LogP) is 1.54. The fourth-order valence-electron chi connectivity index (χ4n) is 4.58. The molecule has 2 aromatic carbocycles. The van der Waals surface area contributed by atoms with Crippen molar-refractivity contribution in [1.29, 1.82) is 0 Å². The van der Waals surface area contributed by atoms with Crippen molar-refractivity contribution < 1.29 is 34.4 Å². The lowest BCUT2D eigenvalue weighted by Gasteiger charge is -2.35. The summed E-state index contributed by atoms with van der Waals surface area (Å²) in [6.45, 7) is 6.71. The first-order chi connectivity index (χ1) is 18.5. The van der Waals surface area contributed by atoms with E-state index in [0.717, 1.165) is 5.56 Å². The zero-order chi connectivity index (χ0) is 28.7. The summed E-state index contributed by atoms with van der Waals surface area (Å²) in [5, 5.41) is 40.7. The minimum absolute atomic E-state index is 0.149. The van der Waals surface area contributed by atoms with E-state index in [4.69, 9.17) is 4.74 Å². The van der Waals surface area contributed by atoms with Crippen LogP contribution in [-0.2, 0) is 25.5 Å². The lowest BCUT2D eigenvalue weighted by Crippen LogP contribution is -2.62. The molecule has 0 aromatic heterocycles. The molecule has 10 heteroatoms. The van der Waals surface area contributed by atoms with Crippen molar-refractivity contribution in [2.24, 2.45) is 11.8 Å². The Hall–Kier alpha value is -3.47. The van der Waals surface area contributed by atoms with Crippen LogP contribution in [0.2, 0.25) is 0 Å². The maximum absolute atomic E-state index is 13.7. The Balaban J connectivity index is 2.00. The molecule has 2 amide bonds. The Labute approximate surface area is 228 Å². The fraction of sp³-hybridized carbons (Fsp3) is 0.483. The Morgan fingerprint density at radius 3 is 2.26 bits per heavy atom. The van der Waals surface area contributed by atoms with Crippen molar-refractivity contribution in [2.75, 3.05) is 0 Å². The standard InChI is InChI=1S/C29H39N3O7/c1-5-16(2)25-28(37)30-18(4)23(32-26(35)20-13-9-10-14-22(20)33)27(36)31-21(15-19-11-7-6-8-12-19)24(34)17(3)29(38)39-25/h6-14,16-18,21,23-26,32-35H,5,15H2,1-4H3,(H,30,37)(H,31,36)/t16?,17-,18-,21+,23+,24+,25?,26?/m1/s1. The van der Waals surface area contributed by atoms with Crippen LogP contribution in [0.25, 0.3) is 0 Å². The smallest absolute Gasteiger partial charge is 0.312 e. The van der Waals surface area contributed by atoms with Crippen LogP contribution in [0, 0.1) is 11.8 Å². The van der Waals surface area contributed by atoms with E-state index in [-0.39, 0.29) is 23.7 Å². The van der Waals surface area contributed by atoms with E-state index in [9.17, 15) is 29.7 Å². The highest BCUT2D eigenvalue weighted by atomic mass is 16.5. The number of hydrogen-bond acceptors (Lipinski definition) is 8. The number of nitrogens with one attached hydrogen (secondary N) is 3. The van der Waals surface area contributed by atoms with Crippen LogP contribution in [-0.4, -0.2) is 63.4 Å². The number of aliphatic hydroxyl groups is 2. The van der Waals surface area contributed by atoms with Crippen molar-refractivity contribution >= 4 is 17.8 Å². The van der Waals surface area contributed by atoms with Gasteiger partial charge in [-0.25, -0.2) is 0 Å². The second-order valence-electron chi connectivity index (χ2n) is 10.2. The van der Waals surface area contributed by atoms with Gasteiger partial charge in [-0.2, -0.15) is 0 Å². The van der Waals surface area contributed by atoms with Gasteiger partial charge in [0.1, 0.15) is 18.0 Å². The first-order valence-electron chi connectivity index (χ1n) is 13.3. The minimum atomic E-state index is -1.45. The molecule has 6 N–H and O–H groups in total. The molecule has 1 fully saturated rings. The lowest BCUT2D eigenvalue weighted by atomic mass is 9.91. The van der Waals surface area contributed by atoms with Crippen LogP contribution in [0.1, 0.15) is 51.5 Å². The molecule has 0 aliphatic carbocycles. The second kappa shape index (κ2) is 13.5. The molecule has 2 aromatic rings. The summed E-state index contributed by atoms with van der Waals surface area (Å²) in [5.74, 6) is -3.50. The Morgan fingerprint density at radius 1 is 0.974 bits per heavy atom. The van der Waals surface area contributed by atoms with Crippen molar-refractivity contribution in [2.45, 2.75) is 77.1 Å². The highest BCUT2D eigenvalue weighted by molar-refractivity contribution is 5.88. The average molecular weight is 542 g/mol. The third kappa shape index (κ3) is 7.56. The minimum Gasteiger partial charge on any atom is -0.508 e. The van der Waals surface area contributed by atoms with Gasteiger partial charge in [-0.15, -0.1) is 0 Å². The fourth-order valence-corrected chi connectivity index (χ4v) is 4.58. The number of aromatic hydroxyl groups is 1. The number of para-hydroxylation sites is 1. The molecule has 8 atom stereocenters. The summed E-state index contributed by atoms with van der Waals surface area (Å²) in [7, 11) is 0. The molecule has 212 valence electrons. The molecule has 0 bridgehead atoms. The predicted molar refractivity (Wildman–Crippen MR) is 144 cm³/mol. The third-order valence-corrected chi connectivity index (χ3v) is 7.31. The van der Waals surface area contributed by atoms with Crippen LogP contribution in [0.3, 0.4) is 0 Å². The quantitative estimate of drug-likeness (QED) is 0.228. The molecule has 39 heavy (non-hydrogen) atoms. The first kappa shape index (κ1) is 30.1. The molecule has 0 radical (unpaired) electrons. The molecule has 1 aliphatic rings. The maximum Gasteiger partial charge on any atom is 0.312 e. The van der Waals surface area contributed by atoms with Gasteiger partial charge in [0.25, 0.3) is 5.91 Å². The molecule has 0 saturated carbocycles. The number of aliphatic hydroxyl groups excluding tert-OH is 2. The van der Waals surface area contributed by atoms with Gasteiger partial charge in [0.2, 0.25) is 5.91 Å². The highest BCUT2D eigenvalue weighted by Crippen LogP contribution is 2.24. The van der Waals surface area contributed by atoms with Crippen molar-refractivity contribution in [3.8, 4) is 5.75 Å². The lowest BCUT2D eigenvalue weighted by molar-refractivity contribution is -0.167. The largest absolute Gasteiger partial charge is 0.508 e. The van der Waals surface area contributed by atoms with Crippen LogP contribution in [0.5, 0.6) is 5.75 Å². The van der Waals surface area contributed by atoms with Gasteiger partial charge in [-0.05, 0) is 38.3 Å². The van der Waals surface area contributed by atoms with Crippen LogP contribution >= 0.6 is 0 Å². The van der Waals surface area contributed by atoms with Gasteiger partial charge >= 0.3 is 5.97 Å². The number of carbonyl (C=O) groups is 3. The van der Waals surface area contributed by atoms with E-state index >= 15 is 0 Å². The summed E-state index contributed by atoms with van der Waals surface area (Å²) in [6.07, 6.45) is -3.16. The van der Waals surface area contributed by atoms with Crippen molar-refractivity contribution in [3.05, 3.63) is 65.7 Å². The van der Waals surface area contributed by atoms with Gasteiger partial charge in [0, 0.05) is 11.5 Å². The second-order valence-corrected chi connectivity index (χ2v) is 10.2. The van der Waals surface area contributed by atoms with Gasteiger partial charge in [0.15, 0.2) is 6.10 Å². The molecular weight excluding hydrogens is 502 g/mol. The molecule has 1 saturated heterocycles. The summed E-state index contributed by atoms with van der Waals surface area (Å²) in [6, 6.07) is 12.4. The first-order valence-corrected chi connectivity index (χ1v) is 13.3. The summed E-state index contributed by atoms with van der Waals surface area (Å²) >= 11 is 0. The van der Waals surface area contributed by atoms with Crippen molar-refractivity contribution in [1.82, 2.24) is 16.0 Å². The molecule has 1 aliphatic heterocycles. The number of ether oxygens (including phenoxy) is 1. The number of esters is 1. The van der Waals surface area contributed by atoms with Gasteiger partial charge in [0.05, 0.1) is 24.1 Å². The Kier molecular flexibility index (Phi) is 10.4. The number of hydrogen-bond donors (Lipinski definition) is 6. The van der Waals surface area contributed by atoms with E-state index in [2.05, 4.69) is 16.0 Å². The zero-order valence-corrected chi connectivity index (χ0v) is 22.7. The Morgan fingerprint density at radius 2 is 1.62 bits per heavy atom. The number of cyclic esters (lactones) is 1. The highest BCUT2D eigenvalue weighted by Gasteiger charge is 2.40. The van der Waals surface area contributed by atoms with Crippen LogP contribution in [0.4, 0.5) is 0 Å². The van der Waals surface area contributed by atoms with Gasteiger partial charge in [-0.3, -0.25) is 19.7 Å². The zero-order valence-electron chi connectivity index (χ0n) is 22.7. The summed E-state index contributed by atoms with van der Waals surface area (Å²) in [4.78, 5) is 39.9. The van der Waals surface area contributed by atoms with E-state index in [1.807, 2.05) is 37.3 Å². The molecule has 3 rings (SSSR count). The van der Waals surface area contributed by atoms with Gasteiger partial charge in [-0.1, -0.05) is 62.4 Å². The molecule has 0 spiro atoms. The monoisotopic (exact) mass is 541 g/mol. The number of amides is 2. The van der Waals surface area contributed by atoms with Crippen LogP contribution < -0.4 is 16.0 Å². The van der Waals surface area contributed by atoms with E-state index in [1.165, 1.54) is 19.1 Å². The number of benzene rings is 2. The van der Waals surface area contributed by atoms with Crippen molar-refractivity contribution in [3.63, 3.8) is 0 Å². The molecule has 1 heterocycles. The van der Waals surface area contributed by atoms with Gasteiger partial charge < -0.3 is 30.7 Å². The summed E-state index contributed by atoms with van der Waals surface area (Å²) in [5.41, 5.74) is 0.975.